The van der Waals surface area contributed by atoms with Gasteiger partial charge in [0.2, 0.25) is 0 Å². The van der Waals surface area contributed by atoms with Crippen LogP contribution in [-0.2, 0) is 0 Å². The first-order valence-corrected chi connectivity index (χ1v) is 9.56. The summed E-state index contributed by atoms with van der Waals surface area (Å²) in [6.45, 7) is 0. The lowest BCUT2D eigenvalue weighted by Gasteiger charge is -2.09. The molecule has 0 bridgehead atoms. The van der Waals surface area contributed by atoms with E-state index in [0.29, 0.717) is 22.6 Å². The average Bonchev–Trinajstić information content (AvgIpc) is 3.19. The second-order valence-corrected chi connectivity index (χ2v) is 7.09. The first-order valence-electron chi connectivity index (χ1n) is 8.77. The monoisotopic (exact) mass is 452 g/mol. The van der Waals surface area contributed by atoms with Gasteiger partial charge in [-0.05, 0) is 44.9 Å². The highest BCUT2D eigenvalue weighted by Crippen LogP contribution is 2.32. The molecule has 4 aromatic rings. The standard InChI is InChI=1S/C22H17BrN2O4/c1-27-19-11-20(28-2)17(23)9-14(19)12-24-25-22(26)21-10-16-15-6-4-3-5-13(15)7-8-18(16)29-21/h3-12H,1-2H3,(H,25,26)/b24-12+. The van der Waals surface area contributed by atoms with E-state index in [9.17, 15) is 4.79 Å². The van der Waals surface area contributed by atoms with Gasteiger partial charge in [-0.3, -0.25) is 4.79 Å². The number of amides is 1. The van der Waals surface area contributed by atoms with E-state index in [1.807, 2.05) is 36.4 Å². The minimum absolute atomic E-state index is 0.191. The van der Waals surface area contributed by atoms with Gasteiger partial charge < -0.3 is 13.9 Å². The van der Waals surface area contributed by atoms with Crippen molar-refractivity contribution in [3.05, 3.63) is 70.4 Å². The van der Waals surface area contributed by atoms with Crippen LogP contribution in [0.25, 0.3) is 21.7 Å². The molecule has 29 heavy (non-hydrogen) atoms. The van der Waals surface area contributed by atoms with E-state index in [1.165, 1.54) is 6.21 Å². The number of carbonyl (C=O) groups is 1. The number of benzene rings is 3. The molecule has 0 aliphatic carbocycles. The van der Waals surface area contributed by atoms with E-state index >= 15 is 0 Å². The van der Waals surface area contributed by atoms with Crippen molar-refractivity contribution in [1.82, 2.24) is 5.43 Å². The zero-order chi connectivity index (χ0) is 20.4. The van der Waals surface area contributed by atoms with Crippen LogP contribution in [-0.4, -0.2) is 26.3 Å². The predicted octanol–water partition coefficient (Wildman–Crippen LogP) is 5.13. The summed E-state index contributed by atoms with van der Waals surface area (Å²) < 4.78 is 17.0. The SMILES string of the molecule is COc1cc(OC)c(/C=N/NC(=O)c2cc3c(ccc4ccccc43)o2)cc1Br. The lowest BCUT2D eigenvalue weighted by atomic mass is 10.1. The number of rotatable bonds is 5. The van der Waals surface area contributed by atoms with E-state index in [1.54, 1.807) is 32.4 Å². The number of nitrogens with one attached hydrogen (secondary N) is 1. The average molecular weight is 453 g/mol. The highest BCUT2D eigenvalue weighted by atomic mass is 79.9. The number of hydrogen-bond acceptors (Lipinski definition) is 5. The maximum Gasteiger partial charge on any atom is 0.307 e. The Morgan fingerprint density at radius 1 is 1.03 bits per heavy atom. The van der Waals surface area contributed by atoms with Gasteiger partial charge in [0.05, 0.1) is 24.9 Å². The van der Waals surface area contributed by atoms with Crippen LogP contribution in [0.2, 0.25) is 0 Å². The Labute approximate surface area is 175 Å². The summed E-state index contributed by atoms with van der Waals surface area (Å²) in [5.74, 6) is 0.959. The molecule has 1 amide bonds. The smallest absolute Gasteiger partial charge is 0.307 e. The Bertz CT molecular complexity index is 1250. The highest BCUT2D eigenvalue weighted by molar-refractivity contribution is 9.10. The summed E-state index contributed by atoms with van der Waals surface area (Å²) in [6.07, 6.45) is 1.50. The second-order valence-electron chi connectivity index (χ2n) is 6.24. The maximum absolute atomic E-state index is 12.5. The highest BCUT2D eigenvalue weighted by Gasteiger charge is 2.14. The topological polar surface area (TPSA) is 73.1 Å². The van der Waals surface area contributed by atoms with Crippen LogP contribution < -0.4 is 14.9 Å². The fourth-order valence-electron chi connectivity index (χ4n) is 3.10. The number of carbonyl (C=O) groups excluding carboxylic acids is 1. The minimum atomic E-state index is -0.437. The van der Waals surface area contributed by atoms with Crippen molar-refractivity contribution in [2.75, 3.05) is 14.2 Å². The van der Waals surface area contributed by atoms with E-state index < -0.39 is 5.91 Å². The Kier molecular flexibility index (Phi) is 5.22. The molecule has 0 aliphatic rings. The number of ether oxygens (including phenoxy) is 2. The summed E-state index contributed by atoms with van der Waals surface area (Å²) >= 11 is 3.42. The molecule has 0 fully saturated rings. The second kappa shape index (κ2) is 7.97. The molecule has 0 spiro atoms. The molecule has 1 aromatic heterocycles. The normalized spacial score (nSPS) is 11.3. The molecule has 0 atom stereocenters. The fraction of sp³-hybridized carbons (Fsp3) is 0.0909. The number of furan rings is 1. The third-order valence-corrected chi connectivity index (χ3v) is 5.14. The van der Waals surface area contributed by atoms with Gasteiger partial charge in [-0.2, -0.15) is 5.10 Å². The van der Waals surface area contributed by atoms with Crippen molar-refractivity contribution in [1.29, 1.82) is 0 Å². The number of fused-ring (bicyclic) bond motifs is 3. The maximum atomic E-state index is 12.5. The van der Waals surface area contributed by atoms with Crippen LogP contribution in [0.4, 0.5) is 0 Å². The first-order chi connectivity index (χ1) is 14.1. The summed E-state index contributed by atoms with van der Waals surface area (Å²) in [5, 5.41) is 7.03. The molecule has 1 heterocycles. The minimum Gasteiger partial charge on any atom is -0.496 e. The summed E-state index contributed by atoms with van der Waals surface area (Å²) in [7, 11) is 3.13. The predicted molar refractivity (Wildman–Crippen MR) is 116 cm³/mol. The van der Waals surface area contributed by atoms with Gasteiger partial charge in [-0.1, -0.05) is 30.3 Å². The molecule has 6 nitrogen and oxygen atoms in total. The fourth-order valence-corrected chi connectivity index (χ4v) is 3.63. The first kappa shape index (κ1) is 19.0. The van der Waals surface area contributed by atoms with Gasteiger partial charge in [-0.25, -0.2) is 5.43 Å². The van der Waals surface area contributed by atoms with Crippen LogP contribution in [0.3, 0.4) is 0 Å². The molecule has 146 valence electrons. The molecule has 0 aliphatic heterocycles. The Balaban J connectivity index is 1.57. The lowest BCUT2D eigenvalue weighted by molar-refractivity contribution is 0.0929. The van der Waals surface area contributed by atoms with E-state index in [0.717, 1.165) is 20.6 Å². The van der Waals surface area contributed by atoms with Gasteiger partial charge in [0.1, 0.15) is 17.1 Å². The van der Waals surface area contributed by atoms with Gasteiger partial charge >= 0.3 is 5.91 Å². The molecule has 0 saturated carbocycles. The molecular formula is C22H17BrN2O4. The van der Waals surface area contributed by atoms with Crippen molar-refractivity contribution < 1.29 is 18.7 Å². The van der Waals surface area contributed by atoms with E-state index in [2.05, 4.69) is 26.5 Å². The van der Waals surface area contributed by atoms with Crippen LogP contribution >= 0.6 is 15.9 Å². The molecule has 0 radical (unpaired) electrons. The number of hydrazone groups is 1. The molecule has 0 saturated heterocycles. The van der Waals surface area contributed by atoms with Crippen molar-refractivity contribution in [3.8, 4) is 11.5 Å². The van der Waals surface area contributed by atoms with Crippen molar-refractivity contribution in [3.63, 3.8) is 0 Å². The largest absolute Gasteiger partial charge is 0.496 e. The molecule has 3 aromatic carbocycles. The lowest BCUT2D eigenvalue weighted by Crippen LogP contribution is -2.16. The summed E-state index contributed by atoms with van der Waals surface area (Å²) in [4.78, 5) is 12.5. The molecule has 0 unspecified atom stereocenters. The van der Waals surface area contributed by atoms with Crippen LogP contribution in [0.5, 0.6) is 11.5 Å². The number of hydrogen-bond donors (Lipinski definition) is 1. The van der Waals surface area contributed by atoms with E-state index in [4.69, 9.17) is 13.9 Å². The zero-order valence-corrected chi connectivity index (χ0v) is 17.3. The summed E-state index contributed by atoms with van der Waals surface area (Å²) in [6, 6.07) is 17.0. The quantitative estimate of drug-likeness (QED) is 0.336. The third-order valence-electron chi connectivity index (χ3n) is 4.52. The van der Waals surface area contributed by atoms with Crippen LogP contribution in [0, 0.1) is 0 Å². The molecule has 7 heteroatoms. The summed E-state index contributed by atoms with van der Waals surface area (Å²) in [5.41, 5.74) is 3.82. The van der Waals surface area contributed by atoms with Gasteiger partial charge in [0.15, 0.2) is 5.76 Å². The Hall–Kier alpha value is -3.32. The molecule has 1 N–H and O–H groups in total. The number of halogens is 1. The Morgan fingerprint density at radius 3 is 2.62 bits per heavy atom. The van der Waals surface area contributed by atoms with Crippen molar-refractivity contribution in [2.45, 2.75) is 0 Å². The van der Waals surface area contributed by atoms with Crippen LogP contribution in [0.1, 0.15) is 16.1 Å². The number of nitrogens with zero attached hydrogens (tertiary/aromatic N) is 1. The Morgan fingerprint density at radius 2 is 1.83 bits per heavy atom. The number of methoxy groups -OCH3 is 2. The van der Waals surface area contributed by atoms with Gasteiger partial charge in [0, 0.05) is 17.0 Å². The van der Waals surface area contributed by atoms with Crippen molar-refractivity contribution >= 4 is 49.8 Å². The van der Waals surface area contributed by atoms with E-state index in [-0.39, 0.29) is 5.76 Å². The third kappa shape index (κ3) is 3.69. The van der Waals surface area contributed by atoms with Gasteiger partial charge in [0.25, 0.3) is 0 Å². The molecular weight excluding hydrogens is 436 g/mol. The zero-order valence-electron chi connectivity index (χ0n) is 15.7. The van der Waals surface area contributed by atoms with Gasteiger partial charge in [-0.15, -0.1) is 0 Å². The van der Waals surface area contributed by atoms with Crippen LogP contribution in [0.15, 0.2) is 68.6 Å². The van der Waals surface area contributed by atoms with Crippen molar-refractivity contribution in [2.24, 2.45) is 5.10 Å². The molecule has 4 rings (SSSR count).